The van der Waals surface area contributed by atoms with Crippen molar-refractivity contribution in [2.75, 3.05) is 11.4 Å². The Morgan fingerprint density at radius 2 is 1.69 bits per heavy atom. The van der Waals surface area contributed by atoms with Gasteiger partial charge >= 0.3 is 0 Å². The van der Waals surface area contributed by atoms with Gasteiger partial charge in [0.25, 0.3) is 10.0 Å². The van der Waals surface area contributed by atoms with E-state index in [0.717, 1.165) is 4.47 Å². The van der Waals surface area contributed by atoms with Crippen LogP contribution >= 0.6 is 27.5 Å². The highest BCUT2D eigenvalue weighted by Crippen LogP contribution is 2.34. The summed E-state index contributed by atoms with van der Waals surface area (Å²) in [5, 5.41) is 8.59. The van der Waals surface area contributed by atoms with Crippen molar-refractivity contribution in [1.29, 1.82) is 0 Å². The summed E-state index contributed by atoms with van der Waals surface area (Å²) < 4.78 is 40.3. The highest BCUT2D eigenvalue weighted by molar-refractivity contribution is 9.10. The van der Waals surface area contributed by atoms with Gasteiger partial charge in [0.05, 0.1) is 23.3 Å². The number of halogens is 2. The molecule has 32 heavy (non-hydrogen) atoms. The number of ether oxygens (including phenoxy) is 1. The largest absolute Gasteiger partial charge is 0.495 e. The fourth-order valence-corrected chi connectivity index (χ4v) is 5.06. The first-order valence-electron chi connectivity index (χ1n) is 9.39. The van der Waals surface area contributed by atoms with Crippen molar-refractivity contribution in [2.24, 2.45) is 0 Å². The van der Waals surface area contributed by atoms with Gasteiger partial charge < -0.3 is 9.15 Å². The van der Waals surface area contributed by atoms with Crippen molar-refractivity contribution in [3.8, 4) is 17.2 Å². The number of hydrogen-bond donors (Lipinski definition) is 0. The molecule has 0 saturated carbocycles. The van der Waals surface area contributed by atoms with Crippen LogP contribution in [0.25, 0.3) is 11.5 Å². The first-order valence-corrected chi connectivity index (χ1v) is 12.0. The molecule has 0 saturated heterocycles. The molecule has 1 aromatic heterocycles. The Balaban J connectivity index is 1.77. The fourth-order valence-electron chi connectivity index (χ4n) is 3.05. The Morgan fingerprint density at radius 3 is 2.41 bits per heavy atom. The van der Waals surface area contributed by atoms with Gasteiger partial charge in [0.1, 0.15) is 12.3 Å². The monoisotopic (exact) mass is 533 g/mol. The predicted molar refractivity (Wildman–Crippen MR) is 125 cm³/mol. The molecular weight excluding hydrogens is 518 g/mol. The zero-order valence-electron chi connectivity index (χ0n) is 16.8. The highest BCUT2D eigenvalue weighted by Gasteiger charge is 2.29. The Kier molecular flexibility index (Phi) is 6.50. The van der Waals surface area contributed by atoms with Crippen molar-refractivity contribution >= 4 is 43.2 Å². The van der Waals surface area contributed by atoms with Gasteiger partial charge in [-0.05, 0) is 64.5 Å². The van der Waals surface area contributed by atoms with E-state index in [1.807, 2.05) is 24.3 Å². The van der Waals surface area contributed by atoms with Gasteiger partial charge in [0, 0.05) is 9.50 Å². The summed E-state index contributed by atoms with van der Waals surface area (Å²) in [6.45, 7) is -0.192. The van der Waals surface area contributed by atoms with Crippen LogP contribution in [0.1, 0.15) is 5.89 Å². The second-order valence-corrected chi connectivity index (χ2v) is 9.77. The summed E-state index contributed by atoms with van der Waals surface area (Å²) in [4.78, 5) is 0.0679. The summed E-state index contributed by atoms with van der Waals surface area (Å²) >= 11 is 9.40. The molecule has 3 aromatic carbocycles. The van der Waals surface area contributed by atoms with E-state index in [2.05, 4.69) is 26.1 Å². The molecule has 10 heteroatoms. The van der Waals surface area contributed by atoms with Gasteiger partial charge in [-0.15, -0.1) is 10.2 Å². The van der Waals surface area contributed by atoms with Crippen LogP contribution in [0.4, 0.5) is 5.69 Å². The number of para-hydroxylation sites is 2. The smallest absolute Gasteiger partial charge is 0.264 e. The van der Waals surface area contributed by atoms with Crippen molar-refractivity contribution in [3.05, 3.63) is 88.2 Å². The first-order chi connectivity index (χ1) is 15.4. The van der Waals surface area contributed by atoms with Gasteiger partial charge in [-0.1, -0.05) is 35.9 Å². The molecule has 0 spiro atoms. The molecule has 1 heterocycles. The minimum absolute atomic E-state index is 0.0679. The molecule has 0 aliphatic rings. The summed E-state index contributed by atoms with van der Waals surface area (Å²) in [6.07, 6.45) is 0. The van der Waals surface area contributed by atoms with Gasteiger partial charge in [-0.3, -0.25) is 4.31 Å². The third kappa shape index (κ3) is 4.50. The molecule has 0 bridgehead atoms. The third-order valence-electron chi connectivity index (χ3n) is 4.61. The number of anilines is 1. The summed E-state index contributed by atoms with van der Waals surface area (Å²) in [5.41, 5.74) is 1.04. The van der Waals surface area contributed by atoms with Gasteiger partial charge in [-0.2, -0.15) is 0 Å². The van der Waals surface area contributed by atoms with E-state index in [4.69, 9.17) is 20.8 Å². The van der Waals surface area contributed by atoms with Crippen LogP contribution in [0.3, 0.4) is 0 Å². The van der Waals surface area contributed by atoms with E-state index in [1.165, 1.54) is 35.7 Å². The van der Waals surface area contributed by atoms with Crippen LogP contribution in [0.5, 0.6) is 5.75 Å². The van der Waals surface area contributed by atoms with E-state index < -0.39 is 10.0 Å². The van der Waals surface area contributed by atoms with Gasteiger partial charge in [0.2, 0.25) is 11.8 Å². The van der Waals surface area contributed by atoms with Crippen molar-refractivity contribution in [3.63, 3.8) is 0 Å². The lowest BCUT2D eigenvalue weighted by Gasteiger charge is -2.24. The number of aromatic nitrogens is 2. The van der Waals surface area contributed by atoms with E-state index >= 15 is 0 Å². The van der Waals surface area contributed by atoms with Gasteiger partial charge in [0.15, 0.2) is 0 Å². The molecule has 0 unspecified atom stereocenters. The number of hydrogen-bond acceptors (Lipinski definition) is 6. The van der Waals surface area contributed by atoms with Crippen molar-refractivity contribution in [2.45, 2.75) is 11.4 Å². The van der Waals surface area contributed by atoms with Crippen molar-refractivity contribution in [1.82, 2.24) is 10.2 Å². The number of sulfonamides is 1. The Labute approximate surface area is 198 Å². The maximum atomic E-state index is 13.6. The summed E-state index contributed by atoms with van der Waals surface area (Å²) in [7, 11) is -2.53. The van der Waals surface area contributed by atoms with Crippen LogP contribution in [-0.2, 0) is 16.6 Å². The van der Waals surface area contributed by atoms with Crippen LogP contribution in [-0.4, -0.2) is 25.7 Å². The lowest BCUT2D eigenvalue weighted by atomic mass is 10.2. The molecule has 0 N–H and O–H groups in total. The maximum Gasteiger partial charge on any atom is 0.264 e. The van der Waals surface area contributed by atoms with Crippen molar-refractivity contribution < 1.29 is 17.6 Å². The molecule has 0 amide bonds. The zero-order valence-corrected chi connectivity index (χ0v) is 19.9. The van der Waals surface area contributed by atoms with E-state index in [0.29, 0.717) is 22.0 Å². The number of benzene rings is 3. The summed E-state index contributed by atoms with van der Waals surface area (Å²) in [6, 6.07) is 20.1. The highest BCUT2D eigenvalue weighted by atomic mass is 79.9. The molecule has 0 atom stereocenters. The molecule has 0 fully saturated rings. The quantitative estimate of drug-likeness (QED) is 0.309. The molecular formula is C22H17BrClN3O4S. The first kappa shape index (κ1) is 22.3. The lowest BCUT2D eigenvalue weighted by Crippen LogP contribution is -2.31. The third-order valence-corrected chi connectivity index (χ3v) is 7.32. The Morgan fingerprint density at radius 1 is 1.00 bits per heavy atom. The Bertz CT molecular complexity index is 1340. The van der Waals surface area contributed by atoms with E-state index in [1.54, 1.807) is 24.3 Å². The molecule has 0 aliphatic carbocycles. The SMILES string of the molecule is COc1ccccc1N(Cc1nnc(-c2ccccc2Br)o1)S(=O)(=O)c1ccc(Cl)cc1. The topological polar surface area (TPSA) is 85.5 Å². The fraction of sp³-hybridized carbons (Fsp3) is 0.0909. The average Bonchev–Trinajstić information content (AvgIpc) is 3.26. The second kappa shape index (κ2) is 9.32. The number of methoxy groups -OCH3 is 1. The number of nitrogens with zero attached hydrogens (tertiary/aromatic N) is 3. The molecule has 164 valence electrons. The van der Waals surface area contributed by atoms with Crippen LogP contribution < -0.4 is 9.04 Å². The standard InChI is InChI=1S/C22H17BrClN3O4S/c1-30-20-9-5-4-8-19(20)27(32(28,29)16-12-10-15(24)11-13-16)14-21-25-26-22(31-21)17-6-2-3-7-18(17)23/h2-13H,14H2,1H3. The van der Waals surface area contributed by atoms with Crippen LogP contribution in [0, 0.1) is 0 Å². The Hall–Kier alpha value is -2.88. The predicted octanol–water partition coefficient (Wildman–Crippen LogP) is 5.56. The lowest BCUT2D eigenvalue weighted by molar-refractivity contribution is 0.414. The zero-order chi connectivity index (χ0) is 22.7. The van der Waals surface area contributed by atoms with Gasteiger partial charge in [-0.25, -0.2) is 8.42 Å². The minimum Gasteiger partial charge on any atom is -0.495 e. The van der Waals surface area contributed by atoms with E-state index in [-0.39, 0.29) is 23.2 Å². The van der Waals surface area contributed by atoms with E-state index in [9.17, 15) is 8.42 Å². The van der Waals surface area contributed by atoms with Crippen LogP contribution in [0.15, 0.2) is 86.6 Å². The normalized spacial score (nSPS) is 11.3. The number of rotatable bonds is 7. The molecule has 7 nitrogen and oxygen atoms in total. The average molecular weight is 535 g/mol. The maximum absolute atomic E-state index is 13.6. The van der Waals surface area contributed by atoms with Crippen LogP contribution in [0.2, 0.25) is 5.02 Å². The second-order valence-electron chi connectivity index (χ2n) is 6.62. The molecule has 0 aliphatic heterocycles. The summed E-state index contributed by atoms with van der Waals surface area (Å²) in [5.74, 6) is 0.783. The molecule has 0 radical (unpaired) electrons. The molecule has 4 aromatic rings. The minimum atomic E-state index is -4.01. The molecule has 4 rings (SSSR count).